The fourth-order valence-electron chi connectivity index (χ4n) is 1.22. The summed E-state index contributed by atoms with van der Waals surface area (Å²) in [6, 6.07) is 8.13. The second kappa shape index (κ2) is 4.91. The van der Waals surface area contributed by atoms with Crippen LogP contribution in [0.2, 0.25) is 0 Å². The van der Waals surface area contributed by atoms with Crippen LogP contribution in [0.25, 0.3) is 0 Å². The van der Waals surface area contributed by atoms with E-state index in [0.717, 1.165) is 6.54 Å². The predicted octanol–water partition coefficient (Wildman–Crippen LogP) is 2.06. The lowest BCUT2D eigenvalue weighted by atomic mass is 10.1. The van der Waals surface area contributed by atoms with Crippen LogP contribution >= 0.6 is 0 Å². The van der Waals surface area contributed by atoms with Gasteiger partial charge in [0, 0.05) is 6.54 Å². The van der Waals surface area contributed by atoms with E-state index in [-0.39, 0.29) is 11.8 Å². The number of benzene rings is 1. The van der Waals surface area contributed by atoms with E-state index in [4.69, 9.17) is 0 Å². The van der Waals surface area contributed by atoms with E-state index in [2.05, 4.69) is 24.4 Å². The van der Waals surface area contributed by atoms with Gasteiger partial charge in [0.15, 0.2) is 0 Å². The summed E-state index contributed by atoms with van der Waals surface area (Å²) in [7, 11) is 0. The van der Waals surface area contributed by atoms with Crippen LogP contribution in [0.3, 0.4) is 0 Å². The first-order chi connectivity index (χ1) is 6.61. The maximum Gasteiger partial charge on any atom is 0.146 e. The molecule has 2 nitrogen and oxygen atoms in total. The van der Waals surface area contributed by atoms with E-state index >= 15 is 0 Å². The highest BCUT2D eigenvalue weighted by molar-refractivity contribution is 5.80. The summed E-state index contributed by atoms with van der Waals surface area (Å²) in [6.07, 6.45) is 0. The van der Waals surface area contributed by atoms with Gasteiger partial charge in [-0.3, -0.25) is 4.79 Å². The number of hydrogen-bond acceptors (Lipinski definition) is 2. The molecule has 0 radical (unpaired) electrons. The van der Waals surface area contributed by atoms with Gasteiger partial charge < -0.3 is 5.32 Å². The normalized spacial score (nSPS) is 12.5. The third-order valence-corrected chi connectivity index (χ3v) is 2.47. The van der Waals surface area contributed by atoms with E-state index in [1.54, 1.807) is 6.92 Å². The Balaban J connectivity index is 2.54. The highest BCUT2D eigenvalue weighted by atomic mass is 16.1. The average molecular weight is 191 g/mol. The minimum absolute atomic E-state index is 0.0605. The first-order valence-corrected chi connectivity index (χ1v) is 4.89. The van der Waals surface area contributed by atoms with E-state index in [0.29, 0.717) is 0 Å². The highest BCUT2D eigenvalue weighted by Crippen LogP contribution is 2.06. The molecule has 0 aromatic heterocycles. The lowest BCUT2D eigenvalue weighted by Gasteiger charge is -2.11. The highest BCUT2D eigenvalue weighted by Gasteiger charge is 2.06. The monoisotopic (exact) mass is 191 g/mol. The van der Waals surface area contributed by atoms with Gasteiger partial charge in [0.2, 0.25) is 0 Å². The zero-order valence-corrected chi connectivity index (χ0v) is 9.00. The Labute approximate surface area is 85.3 Å². The molecule has 1 aromatic carbocycles. The summed E-state index contributed by atoms with van der Waals surface area (Å²) in [5.41, 5.74) is 2.51. The SMILES string of the molecule is CC(=O)C(C)NCc1ccccc1C. The number of hydrogen-bond donors (Lipinski definition) is 1. The molecule has 76 valence electrons. The fourth-order valence-corrected chi connectivity index (χ4v) is 1.22. The van der Waals surface area contributed by atoms with Crippen molar-refractivity contribution in [3.8, 4) is 0 Å². The Hall–Kier alpha value is -1.15. The number of rotatable bonds is 4. The zero-order valence-electron chi connectivity index (χ0n) is 9.00. The van der Waals surface area contributed by atoms with E-state index < -0.39 is 0 Å². The summed E-state index contributed by atoms with van der Waals surface area (Å²) in [5, 5.41) is 3.19. The molecule has 1 unspecified atom stereocenters. The van der Waals surface area contributed by atoms with Gasteiger partial charge in [-0.25, -0.2) is 0 Å². The summed E-state index contributed by atoms with van der Waals surface area (Å²) >= 11 is 0. The van der Waals surface area contributed by atoms with E-state index in [9.17, 15) is 4.79 Å². The van der Waals surface area contributed by atoms with Crippen LogP contribution in [-0.4, -0.2) is 11.8 Å². The zero-order chi connectivity index (χ0) is 10.6. The van der Waals surface area contributed by atoms with Gasteiger partial charge >= 0.3 is 0 Å². The van der Waals surface area contributed by atoms with Crippen LogP contribution < -0.4 is 5.32 Å². The molecule has 0 saturated carbocycles. The molecular formula is C12H17NO. The first kappa shape index (κ1) is 10.9. The summed E-state index contributed by atoms with van der Waals surface area (Å²) in [6.45, 7) is 6.33. The molecule has 0 heterocycles. The summed E-state index contributed by atoms with van der Waals surface area (Å²) in [5.74, 6) is 0.179. The van der Waals surface area contributed by atoms with Gasteiger partial charge in [-0.2, -0.15) is 0 Å². The number of carbonyl (C=O) groups is 1. The third-order valence-electron chi connectivity index (χ3n) is 2.47. The maximum absolute atomic E-state index is 11.0. The second-order valence-electron chi connectivity index (χ2n) is 3.64. The van der Waals surface area contributed by atoms with Crippen molar-refractivity contribution in [1.82, 2.24) is 5.32 Å². The third kappa shape index (κ3) is 2.96. The molecule has 1 rings (SSSR count). The Morgan fingerprint density at radius 2 is 2.07 bits per heavy atom. The fraction of sp³-hybridized carbons (Fsp3) is 0.417. The standard InChI is InChI=1S/C12H17NO/c1-9-6-4-5-7-12(9)8-13-10(2)11(3)14/h4-7,10,13H,8H2,1-3H3. The second-order valence-corrected chi connectivity index (χ2v) is 3.64. The molecule has 0 fully saturated rings. The van der Waals surface area contributed by atoms with Crippen molar-refractivity contribution >= 4 is 5.78 Å². The smallest absolute Gasteiger partial charge is 0.146 e. The number of ketones is 1. The van der Waals surface area contributed by atoms with Gasteiger partial charge in [-0.05, 0) is 31.9 Å². The Kier molecular flexibility index (Phi) is 3.84. The molecule has 0 bridgehead atoms. The molecule has 14 heavy (non-hydrogen) atoms. The number of carbonyl (C=O) groups excluding carboxylic acids is 1. The van der Waals surface area contributed by atoms with Gasteiger partial charge in [0.05, 0.1) is 6.04 Å². The number of nitrogens with one attached hydrogen (secondary N) is 1. The van der Waals surface area contributed by atoms with Crippen molar-refractivity contribution in [1.29, 1.82) is 0 Å². The number of Topliss-reactive ketones (excluding diaryl/α,β-unsaturated/α-hetero) is 1. The average Bonchev–Trinajstić information content (AvgIpc) is 2.16. The van der Waals surface area contributed by atoms with Crippen molar-refractivity contribution in [3.63, 3.8) is 0 Å². The van der Waals surface area contributed by atoms with Crippen LogP contribution in [0.5, 0.6) is 0 Å². The van der Waals surface area contributed by atoms with Crippen LogP contribution in [0.15, 0.2) is 24.3 Å². The van der Waals surface area contributed by atoms with E-state index in [1.807, 2.05) is 19.1 Å². The first-order valence-electron chi connectivity index (χ1n) is 4.89. The molecule has 1 N–H and O–H groups in total. The van der Waals surface area contributed by atoms with Gasteiger partial charge in [-0.15, -0.1) is 0 Å². The summed E-state index contributed by atoms with van der Waals surface area (Å²) in [4.78, 5) is 11.0. The van der Waals surface area contributed by atoms with Gasteiger partial charge in [0.1, 0.15) is 5.78 Å². The van der Waals surface area contributed by atoms with Crippen LogP contribution in [0.4, 0.5) is 0 Å². The molecule has 0 spiro atoms. The molecule has 0 aliphatic heterocycles. The van der Waals surface area contributed by atoms with Gasteiger partial charge in [0.25, 0.3) is 0 Å². The topological polar surface area (TPSA) is 29.1 Å². The van der Waals surface area contributed by atoms with Crippen molar-refractivity contribution in [2.24, 2.45) is 0 Å². The Morgan fingerprint density at radius 3 is 2.64 bits per heavy atom. The maximum atomic E-state index is 11.0. The number of aryl methyl sites for hydroxylation is 1. The van der Waals surface area contributed by atoms with Crippen molar-refractivity contribution in [3.05, 3.63) is 35.4 Å². The van der Waals surface area contributed by atoms with Gasteiger partial charge in [-0.1, -0.05) is 24.3 Å². The molecule has 0 aliphatic rings. The minimum atomic E-state index is -0.0605. The van der Waals surface area contributed by atoms with Crippen LogP contribution in [0, 0.1) is 6.92 Å². The molecule has 1 atom stereocenters. The molecule has 1 aromatic rings. The summed E-state index contributed by atoms with van der Waals surface area (Å²) < 4.78 is 0. The molecule has 2 heteroatoms. The lowest BCUT2D eigenvalue weighted by Crippen LogP contribution is -2.31. The van der Waals surface area contributed by atoms with Crippen molar-refractivity contribution < 1.29 is 4.79 Å². The predicted molar refractivity (Wildman–Crippen MR) is 58.2 cm³/mol. The molecular weight excluding hydrogens is 174 g/mol. The Bertz CT molecular complexity index is 320. The van der Waals surface area contributed by atoms with Crippen molar-refractivity contribution in [2.45, 2.75) is 33.4 Å². The van der Waals surface area contributed by atoms with E-state index in [1.165, 1.54) is 11.1 Å². The molecule has 0 amide bonds. The Morgan fingerprint density at radius 1 is 1.43 bits per heavy atom. The van der Waals surface area contributed by atoms with Crippen molar-refractivity contribution in [2.75, 3.05) is 0 Å². The minimum Gasteiger partial charge on any atom is -0.304 e. The quantitative estimate of drug-likeness (QED) is 0.789. The van der Waals surface area contributed by atoms with Crippen LogP contribution in [-0.2, 0) is 11.3 Å². The molecule has 0 saturated heterocycles. The lowest BCUT2D eigenvalue weighted by molar-refractivity contribution is -0.118. The largest absolute Gasteiger partial charge is 0.304 e. The molecule has 0 aliphatic carbocycles. The van der Waals surface area contributed by atoms with Crippen LogP contribution in [0.1, 0.15) is 25.0 Å².